The molecule has 0 spiro atoms. The molecule has 0 atom stereocenters. The van der Waals surface area contributed by atoms with Crippen LogP contribution < -0.4 is 4.74 Å². The molecule has 102 valence electrons. The Morgan fingerprint density at radius 3 is 2.70 bits per heavy atom. The second-order valence-electron chi connectivity index (χ2n) is 4.60. The number of aromatic nitrogens is 1. The van der Waals surface area contributed by atoms with Gasteiger partial charge in [0.15, 0.2) is 0 Å². The number of aryl methyl sites for hydroxylation is 1. The van der Waals surface area contributed by atoms with Gasteiger partial charge in [0.05, 0.1) is 12.1 Å². The van der Waals surface area contributed by atoms with Gasteiger partial charge in [-0.1, -0.05) is 12.1 Å². The molecule has 20 heavy (non-hydrogen) atoms. The topological polar surface area (TPSA) is 34.4 Å². The first kappa shape index (κ1) is 12.7. The third kappa shape index (κ3) is 2.14. The van der Waals surface area contributed by atoms with E-state index in [1.807, 2.05) is 35.9 Å². The largest absolute Gasteiger partial charge is 0.457 e. The third-order valence-electron chi connectivity index (χ3n) is 3.33. The van der Waals surface area contributed by atoms with E-state index in [-0.39, 0.29) is 12.4 Å². The highest BCUT2D eigenvalue weighted by Gasteiger charge is 2.10. The summed E-state index contributed by atoms with van der Waals surface area (Å²) in [6.45, 7) is -0.0371. The number of ether oxygens (including phenoxy) is 1. The summed E-state index contributed by atoms with van der Waals surface area (Å²) in [6, 6.07) is 13.6. The SMILES string of the molecule is Cn1c(CO)cc2c(Oc3cccc(F)c3)cccc21. The van der Waals surface area contributed by atoms with Crippen LogP contribution in [0.25, 0.3) is 10.9 Å². The molecular weight excluding hydrogens is 257 g/mol. The summed E-state index contributed by atoms with van der Waals surface area (Å²) < 4.78 is 20.9. The van der Waals surface area contributed by atoms with Crippen LogP contribution in [0.15, 0.2) is 48.5 Å². The van der Waals surface area contributed by atoms with Gasteiger partial charge in [-0.15, -0.1) is 0 Å². The highest BCUT2D eigenvalue weighted by Crippen LogP contribution is 2.32. The summed E-state index contributed by atoms with van der Waals surface area (Å²) in [5.74, 6) is 0.758. The van der Waals surface area contributed by atoms with Gasteiger partial charge in [-0.25, -0.2) is 4.39 Å². The lowest BCUT2D eigenvalue weighted by atomic mass is 10.2. The summed E-state index contributed by atoms with van der Waals surface area (Å²) in [7, 11) is 1.89. The highest BCUT2D eigenvalue weighted by molar-refractivity contribution is 5.87. The average Bonchev–Trinajstić information content (AvgIpc) is 2.77. The molecule has 0 amide bonds. The molecule has 0 aliphatic heterocycles. The Morgan fingerprint density at radius 2 is 1.95 bits per heavy atom. The fourth-order valence-corrected chi connectivity index (χ4v) is 2.29. The number of rotatable bonds is 3. The van der Waals surface area contributed by atoms with E-state index >= 15 is 0 Å². The first-order valence-electron chi connectivity index (χ1n) is 6.30. The van der Waals surface area contributed by atoms with Gasteiger partial charge >= 0.3 is 0 Å². The molecule has 3 aromatic rings. The van der Waals surface area contributed by atoms with Crippen LogP contribution in [0.1, 0.15) is 5.69 Å². The van der Waals surface area contributed by atoms with Crippen molar-refractivity contribution >= 4 is 10.9 Å². The van der Waals surface area contributed by atoms with Gasteiger partial charge in [-0.2, -0.15) is 0 Å². The number of hydrogen-bond acceptors (Lipinski definition) is 2. The summed E-state index contributed by atoms with van der Waals surface area (Å²) >= 11 is 0. The van der Waals surface area contributed by atoms with E-state index in [0.717, 1.165) is 16.6 Å². The second-order valence-corrected chi connectivity index (χ2v) is 4.60. The third-order valence-corrected chi connectivity index (χ3v) is 3.33. The van der Waals surface area contributed by atoms with Gasteiger partial charge in [-0.05, 0) is 30.3 Å². The van der Waals surface area contributed by atoms with E-state index < -0.39 is 0 Å². The Bertz CT molecular complexity index is 764. The predicted molar refractivity (Wildman–Crippen MR) is 75.3 cm³/mol. The molecule has 0 aliphatic carbocycles. The van der Waals surface area contributed by atoms with Crippen LogP contribution >= 0.6 is 0 Å². The zero-order valence-electron chi connectivity index (χ0n) is 11.0. The summed E-state index contributed by atoms with van der Waals surface area (Å²) in [5.41, 5.74) is 1.76. The lowest BCUT2D eigenvalue weighted by molar-refractivity contribution is 0.273. The zero-order valence-corrected chi connectivity index (χ0v) is 11.0. The van der Waals surface area contributed by atoms with Crippen molar-refractivity contribution < 1.29 is 14.2 Å². The quantitative estimate of drug-likeness (QED) is 0.789. The summed E-state index contributed by atoms with van der Waals surface area (Å²) in [6.07, 6.45) is 0. The average molecular weight is 271 g/mol. The molecule has 2 aromatic carbocycles. The van der Waals surface area contributed by atoms with Crippen LogP contribution in [0.5, 0.6) is 11.5 Å². The van der Waals surface area contributed by atoms with E-state index in [0.29, 0.717) is 11.5 Å². The summed E-state index contributed by atoms with van der Waals surface area (Å²) in [4.78, 5) is 0. The maximum atomic E-state index is 13.2. The molecule has 0 aliphatic rings. The smallest absolute Gasteiger partial charge is 0.136 e. The van der Waals surface area contributed by atoms with E-state index in [1.54, 1.807) is 12.1 Å². The predicted octanol–water partition coefficient (Wildman–Crippen LogP) is 3.60. The molecule has 4 heteroatoms. The van der Waals surface area contributed by atoms with Crippen molar-refractivity contribution in [3.63, 3.8) is 0 Å². The summed E-state index contributed by atoms with van der Waals surface area (Å²) in [5, 5.41) is 10.2. The van der Waals surface area contributed by atoms with Gasteiger partial charge < -0.3 is 14.4 Å². The lowest BCUT2D eigenvalue weighted by Gasteiger charge is -2.07. The number of nitrogens with zero attached hydrogens (tertiary/aromatic N) is 1. The molecule has 3 rings (SSSR count). The van der Waals surface area contributed by atoms with Crippen molar-refractivity contribution in [1.82, 2.24) is 4.57 Å². The molecule has 1 N–H and O–H groups in total. The van der Waals surface area contributed by atoms with Crippen LogP contribution in [-0.2, 0) is 13.7 Å². The van der Waals surface area contributed by atoms with Crippen LogP contribution in [0.4, 0.5) is 4.39 Å². The Morgan fingerprint density at radius 1 is 1.15 bits per heavy atom. The van der Waals surface area contributed by atoms with Crippen LogP contribution in [0.2, 0.25) is 0 Å². The van der Waals surface area contributed by atoms with Crippen LogP contribution in [0, 0.1) is 5.82 Å². The monoisotopic (exact) mass is 271 g/mol. The minimum absolute atomic E-state index is 0.0371. The minimum Gasteiger partial charge on any atom is -0.457 e. The number of halogens is 1. The Labute approximate surface area is 115 Å². The molecule has 0 saturated heterocycles. The van der Waals surface area contributed by atoms with E-state index in [1.165, 1.54) is 12.1 Å². The highest BCUT2D eigenvalue weighted by atomic mass is 19.1. The molecule has 0 fully saturated rings. The fourth-order valence-electron chi connectivity index (χ4n) is 2.29. The van der Waals surface area contributed by atoms with Gasteiger partial charge in [0.25, 0.3) is 0 Å². The van der Waals surface area contributed by atoms with E-state index in [9.17, 15) is 9.50 Å². The normalized spacial score (nSPS) is 10.9. The van der Waals surface area contributed by atoms with E-state index in [2.05, 4.69) is 0 Å². The van der Waals surface area contributed by atoms with Gasteiger partial charge in [0.2, 0.25) is 0 Å². The molecule has 1 aromatic heterocycles. The number of hydrogen-bond donors (Lipinski definition) is 1. The van der Waals surface area contributed by atoms with Crippen LogP contribution in [-0.4, -0.2) is 9.67 Å². The van der Waals surface area contributed by atoms with Gasteiger partial charge in [0, 0.05) is 24.2 Å². The van der Waals surface area contributed by atoms with Crippen molar-refractivity contribution in [1.29, 1.82) is 0 Å². The van der Waals surface area contributed by atoms with Gasteiger partial charge in [0.1, 0.15) is 17.3 Å². The van der Waals surface area contributed by atoms with Gasteiger partial charge in [-0.3, -0.25) is 0 Å². The standard InChI is InChI=1S/C16H14FNO2/c1-18-12(10-19)9-14-15(18)6-3-7-16(14)20-13-5-2-4-11(17)8-13/h2-9,19H,10H2,1H3. The molecule has 0 unspecified atom stereocenters. The molecule has 3 nitrogen and oxygen atoms in total. The Hall–Kier alpha value is -2.33. The second kappa shape index (κ2) is 4.98. The van der Waals surface area contributed by atoms with Crippen molar-refractivity contribution in [3.8, 4) is 11.5 Å². The first-order chi connectivity index (χ1) is 9.69. The van der Waals surface area contributed by atoms with E-state index in [4.69, 9.17) is 4.74 Å². The Kier molecular flexibility index (Phi) is 3.16. The Balaban J connectivity index is 2.08. The fraction of sp³-hybridized carbons (Fsp3) is 0.125. The number of fused-ring (bicyclic) bond motifs is 1. The number of benzene rings is 2. The molecule has 1 heterocycles. The maximum Gasteiger partial charge on any atom is 0.136 e. The first-order valence-corrected chi connectivity index (χ1v) is 6.30. The molecule has 0 saturated carbocycles. The minimum atomic E-state index is -0.334. The maximum absolute atomic E-state index is 13.2. The molecule has 0 bridgehead atoms. The molecular formula is C16H14FNO2. The van der Waals surface area contributed by atoms with Crippen molar-refractivity contribution in [2.45, 2.75) is 6.61 Å². The number of aliphatic hydroxyl groups is 1. The van der Waals surface area contributed by atoms with Crippen molar-refractivity contribution in [2.24, 2.45) is 7.05 Å². The zero-order chi connectivity index (χ0) is 14.1. The number of aliphatic hydroxyl groups excluding tert-OH is 1. The molecule has 0 radical (unpaired) electrons. The lowest BCUT2D eigenvalue weighted by Crippen LogP contribution is -1.94. The van der Waals surface area contributed by atoms with Crippen molar-refractivity contribution in [2.75, 3.05) is 0 Å². The van der Waals surface area contributed by atoms with Crippen LogP contribution in [0.3, 0.4) is 0 Å². The van der Waals surface area contributed by atoms with Crippen molar-refractivity contribution in [3.05, 3.63) is 60.0 Å².